The van der Waals surface area contributed by atoms with Gasteiger partial charge in [-0.05, 0) is 36.3 Å². The number of aliphatic hydroxyl groups excluding tert-OH is 1. The summed E-state index contributed by atoms with van der Waals surface area (Å²) in [5.41, 5.74) is 0. The van der Waals surface area contributed by atoms with Gasteiger partial charge in [-0.3, -0.25) is 4.90 Å². The van der Waals surface area contributed by atoms with Gasteiger partial charge in [-0.1, -0.05) is 6.42 Å². The van der Waals surface area contributed by atoms with Crippen LogP contribution in [0.3, 0.4) is 0 Å². The van der Waals surface area contributed by atoms with Gasteiger partial charge in [-0.25, -0.2) is 0 Å². The molecule has 3 atom stereocenters. The number of rotatable bonds is 6. The number of aliphatic hydroxyl groups is 1. The van der Waals surface area contributed by atoms with Crippen molar-refractivity contribution in [3.8, 4) is 0 Å². The van der Waals surface area contributed by atoms with Gasteiger partial charge in [0.15, 0.2) is 0 Å². The van der Waals surface area contributed by atoms with Gasteiger partial charge in [0.2, 0.25) is 5.89 Å². The molecule has 6 heteroatoms. The molecule has 0 spiro atoms. The van der Waals surface area contributed by atoms with Gasteiger partial charge in [-0.2, -0.15) is 4.98 Å². The molecule has 1 aromatic heterocycles. The van der Waals surface area contributed by atoms with Gasteiger partial charge < -0.3 is 14.5 Å². The van der Waals surface area contributed by atoms with Crippen LogP contribution in [0.2, 0.25) is 0 Å². The number of fused-ring (bicyclic) bond motifs is 2. The molecule has 2 saturated carbocycles. The molecule has 2 fully saturated rings. The summed E-state index contributed by atoms with van der Waals surface area (Å²) < 4.78 is 5.32. The van der Waals surface area contributed by atoms with Crippen molar-refractivity contribution < 1.29 is 9.63 Å². The van der Waals surface area contributed by atoms with E-state index in [1.807, 2.05) is 19.0 Å². The Balaban J connectivity index is 1.67. The van der Waals surface area contributed by atoms with Crippen LogP contribution in [0.25, 0.3) is 0 Å². The highest BCUT2D eigenvalue weighted by molar-refractivity contribution is 5.23. The lowest BCUT2D eigenvalue weighted by Crippen LogP contribution is -2.40. The Kier molecular flexibility index (Phi) is 3.94. The minimum absolute atomic E-state index is 0.183. The van der Waals surface area contributed by atoms with Gasteiger partial charge >= 0.3 is 0 Å². The van der Waals surface area contributed by atoms with Crippen molar-refractivity contribution in [2.24, 2.45) is 11.8 Å². The lowest BCUT2D eigenvalue weighted by Gasteiger charge is -2.33. The Bertz CT molecular complexity index is 448. The van der Waals surface area contributed by atoms with E-state index in [9.17, 15) is 5.11 Å². The third kappa shape index (κ3) is 2.67. The van der Waals surface area contributed by atoms with E-state index in [0.717, 1.165) is 11.8 Å². The van der Waals surface area contributed by atoms with Crippen LogP contribution in [0.4, 0.5) is 5.95 Å². The van der Waals surface area contributed by atoms with E-state index in [2.05, 4.69) is 15.0 Å². The molecule has 0 radical (unpaired) electrons. The lowest BCUT2D eigenvalue weighted by molar-refractivity contribution is 0.0953. The largest absolute Gasteiger partial charge is 0.395 e. The fourth-order valence-electron chi connectivity index (χ4n) is 3.81. The van der Waals surface area contributed by atoms with Crippen molar-refractivity contribution in [1.82, 2.24) is 15.0 Å². The first-order chi connectivity index (χ1) is 9.67. The fourth-order valence-corrected chi connectivity index (χ4v) is 3.81. The van der Waals surface area contributed by atoms with Gasteiger partial charge in [0.25, 0.3) is 5.95 Å². The van der Waals surface area contributed by atoms with Crippen molar-refractivity contribution in [3.63, 3.8) is 0 Å². The highest BCUT2D eigenvalue weighted by Gasteiger charge is 2.42. The van der Waals surface area contributed by atoms with Crippen LogP contribution in [-0.4, -0.2) is 53.4 Å². The number of aromatic nitrogens is 2. The lowest BCUT2D eigenvalue weighted by atomic mass is 9.94. The summed E-state index contributed by atoms with van der Waals surface area (Å²) in [5, 5.41) is 13.3. The molecule has 2 bridgehead atoms. The Morgan fingerprint density at radius 1 is 1.30 bits per heavy atom. The summed E-state index contributed by atoms with van der Waals surface area (Å²) in [4.78, 5) is 8.55. The molecule has 0 aromatic carbocycles. The van der Waals surface area contributed by atoms with Crippen molar-refractivity contribution in [2.75, 3.05) is 32.1 Å². The fraction of sp³-hybridized carbons (Fsp3) is 0.857. The Morgan fingerprint density at radius 2 is 2.15 bits per heavy atom. The van der Waals surface area contributed by atoms with Gasteiger partial charge in [0.05, 0.1) is 13.2 Å². The molecule has 0 amide bonds. The van der Waals surface area contributed by atoms with E-state index in [1.165, 1.54) is 25.7 Å². The first-order valence-corrected chi connectivity index (χ1v) is 7.52. The van der Waals surface area contributed by atoms with Gasteiger partial charge in [0.1, 0.15) is 0 Å². The average Bonchev–Trinajstić information content (AvgIpc) is 3.14. The summed E-state index contributed by atoms with van der Waals surface area (Å²) in [6.45, 7) is 1.52. The molecule has 1 N–H and O–H groups in total. The Labute approximate surface area is 119 Å². The second-order valence-corrected chi connectivity index (χ2v) is 6.32. The molecular formula is C14H24N4O2. The maximum Gasteiger partial charge on any atom is 0.265 e. The molecule has 1 heterocycles. The van der Waals surface area contributed by atoms with Crippen molar-refractivity contribution >= 4 is 5.95 Å². The van der Waals surface area contributed by atoms with Crippen LogP contribution in [-0.2, 0) is 6.54 Å². The minimum atomic E-state index is 0.183. The molecule has 20 heavy (non-hydrogen) atoms. The molecule has 112 valence electrons. The Hall–Kier alpha value is -1.14. The van der Waals surface area contributed by atoms with Crippen molar-refractivity contribution in [3.05, 3.63) is 5.89 Å². The average molecular weight is 280 g/mol. The maximum absolute atomic E-state index is 9.32. The summed E-state index contributed by atoms with van der Waals surface area (Å²) in [6.07, 6.45) is 5.35. The van der Waals surface area contributed by atoms with E-state index in [-0.39, 0.29) is 6.61 Å². The first kappa shape index (κ1) is 13.8. The Morgan fingerprint density at radius 3 is 2.70 bits per heavy atom. The summed E-state index contributed by atoms with van der Waals surface area (Å²) in [6, 6.07) is 0.579. The van der Waals surface area contributed by atoms with Crippen LogP contribution >= 0.6 is 0 Å². The molecule has 3 rings (SSSR count). The quantitative estimate of drug-likeness (QED) is 0.842. The predicted octanol–water partition coefficient (Wildman–Crippen LogP) is 1.12. The van der Waals surface area contributed by atoms with Crippen molar-refractivity contribution in [1.29, 1.82) is 0 Å². The van der Waals surface area contributed by atoms with E-state index < -0.39 is 0 Å². The molecule has 0 unspecified atom stereocenters. The molecule has 2 aliphatic rings. The molecular weight excluding hydrogens is 256 g/mol. The van der Waals surface area contributed by atoms with Crippen LogP contribution < -0.4 is 4.90 Å². The summed E-state index contributed by atoms with van der Waals surface area (Å²) in [7, 11) is 3.80. The first-order valence-electron chi connectivity index (χ1n) is 7.52. The smallest absolute Gasteiger partial charge is 0.265 e. The molecule has 0 saturated heterocycles. The van der Waals surface area contributed by atoms with Crippen LogP contribution in [0.1, 0.15) is 31.6 Å². The van der Waals surface area contributed by atoms with E-state index in [0.29, 0.717) is 31.0 Å². The molecule has 0 aliphatic heterocycles. The van der Waals surface area contributed by atoms with E-state index in [4.69, 9.17) is 4.52 Å². The zero-order valence-corrected chi connectivity index (χ0v) is 12.3. The van der Waals surface area contributed by atoms with Gasteiger partial charge in [0, 0.05) is 26.7 Å². The summed E-state index contributed by atoms with van der Waals surface area (Å²) in [5.74, 6) is 2.94. The molecule has 6 nitrogen and oxygen atoms in total. The number of hydrogen-bond donors (Lipinski definition) is 1. The topological polar surface area (TPSA) is 65.6 Å². The zero-order valence-electron chi connectivity index (χ0n) is 12.3. The standard InChI is InChI=1S/C14H24N4O2/c1-17(2)14-15-13(20-16-14)9-18(5-6-19)12-8-10-3-4-11(12)7-10/h10-12,19H,3-9H2,1-2H3/t10-,11-,12+/m0/s1. The highest BCUT2D eigenvalue weighted by Crippen LogP contribution is 2.46. The van der Waals surface area contributed by atoms with Crippen LogP contribution in [0.15, 0.2) is 4.52 Å². The summed E-state index contributed by atoms with van der Waals surface area (Å²) >= 11 is 0. The highest BCUT2D eigenvalue weighted by atomic mass is 16.5. The minimum Gasteiger partial charge on any atom is -0.395 e. The monoisotopic (exact) mass is 280 g/mol. The van der Waals surface area contributed by atoms with Gasteiger partial charge in [-0.15, -0.1) is 0 Å². The molecule has 1 aromatic rings. The zero-order chi connectivity index (χ0) is 14.1. The van der Waals surface area contributed by atoms with Crippen LogP contribution in [0, 0.1) is 11.8 Å². The van der Waals surface area contributed by atoms with Crippen molar-refractivity contribution in [2.45, 2.75) is 38.3 Å². The second kappa shape index (κ2) is 5.69. The third-order valence-electron chi connectivity index (χ3n) is 4.75. The normalized spacial score (nSPS) is 28.5. The number of anilines is 1. The van der Waals surface area contributed by atoms with E-state index in [1.54, 1.807) is 0 Å². The number of nitrogens with zero attached hydrogens (tertiary/aromatic N) is 4. The third-order valence-corrected chi connectivity index (χ3v) is 4.75. The van der Waals surface area contributed by atoms with Crippen LogP contribution in [0.5, 0.6) is 0 Å². The number of hydrogen-bond acceptors (Lipinski definition) is 6. The van der Waals surface area contributed by atoms with E-state index >= 15 is 0 Å². The maximum atomic E-state index is 9.32. The molecule has 2 aliphatic carbocycles. The predicted molar refractivity (Wildman–Crippen MR) is 75.4 cm³/mol. The SMILES string of the molecule is CN(C)c1noc(CN(CCO)[C@@H]2C[C@H]3CC[C@H]2C3)n1. The second-order valence-electron chi connectivity index (χ2n) is 6.32.